The van der Waals surface area contributed by atoms with E-state index >= 15 is 0 Å². The fourth-order valence-electron chi connectivity index (χ4n) is 3.67. The van der Waals surface area contributed by atoms with Gasteiger partial charge in [-0.1, -0.05) is 6.42 Å². The Balaban J connectivity index is 0.00000300. The van der Waals surface area contributed by atoms with Crippen LogP contribution in [0.25, 0.3) is 0 Å². The van der Waals surface area contributed by atoms with Crippen LogP contribution in [0.3, 0.4) is 0 Å². The van der Waals surface area contributed by atoms with Crippen LogP contribution < -0.4 is 10.6 Å². The number of piperazine rings is 1. The summed E-state index contributed by atoms with van der Waals surface area (Å²) in [6.45, 7) is 11.1. The summed E-state index contributed by atoms with van der Waals surface area (Å²) in [5.41, 5.74) is 0. The molecule has 0 aromatic carbocycles. The topological polar surface area (TPSA) is 69.2 Å². The van der Waals surface area contributed by atoms with Gasteiger partial charge < -0.3 is 20.3 Å². The number of ether oxygens (including phenoxy) is 1. The van der Waals surface area contributed by atoms with Gasteiger partial charge in [0, 0.05) is 71.5 Å². The van der Waals surface area contributed by atoms with E-state index in [1.54, 1.807) is 0 Å². The second-order valence-electron chi connectivity index (χ2n) is 8.35. The normalized spacial score (nSPS) is 20.7. The van der Waals surface area contributed by atoms with Crippen LogP contribution in [0.4, 0.5) is 0 Å². The Kier molecular flexibility index (Phi) is 11.6. The van der Waals surface area contributed by atoms with Crippen molar-refractivity contribution in [2.45, 2.75) is 45.4 Å². The zero-order valence-corrected chi connectivity index (χ0v) is 20.4. The molecule has 3 fully saturated rings. The monoisotopic (exact) mass is 521 g/mol. The molecule has 2 N–H and O–H groups in total. The molecule has 0 aromatic heterocycles. The van der Waals surface area contributed by atoms with E-state index in [1.807, 2.05) is 0 Å². The lowest BCUT2D eigenvalue weighted by molar-refractivity contribution is -0.139. The van der Waals surface area contributed by atoms with Crippen molar-refractivity contribution in [1.82, 2.24) is 20.4 Å². The van der Waals surface area contributed by atoms with Gasteiger partial charge in [0.25, 0.3) is 0 Å². The third-order valence-electron chi connectivity index (χ3n) is 5.97. The molecule has 8 heteroatoms. The Morgan fingerprint density at radius 1 is 1.10 bits per heavy atom. The van der Waals surface area contributed by atoms with E-state index in [2.05, 4.69) is 32.3 Å². The molecule has 29 heavy (non-hydrogen) atoms. The first-order chi connectivity index (χ1) is 13.8. The van der Waals surface area contributed by atoms with Crippen molar-refractivity contribution in [1.29, 1.82) is 0 Å². The lowest BCUT2D eigenvalue weighted by atomic mass is 9.84. The van der Waals surface area contributed by atoms with Gasteiger partial charge in [-0.15, -0.1) is 24.0 Å². The second-order valence-corrected chi connectivity index (χ2v) is 8.35. The zero-order chi connectivity index (χ0) is 19.6. The molecule has 0 spiro atoms. The smallest absolute Gasteiger partial charge is 0.225 e. The summed E-state index contributed by atoms with van der Waals surface area (Å²) in [5.74, 6) is 2.45. The molecule has 2 aliphatic carbocycles. The Labute approximate surface area is 193 Å². The van der Waals surface area contributed by atoms with E-state index in [4.69, 9.17) is 4.74 Å². The van der Waals surface area contributed by atoms with Crippen molar-refractivity contribution >= 4 is 35.8 Å². The fraction of sp³-hybridized carbons (Fsp3) is 0.905. The van der Waals surface area contributed by atoms with Crippen molar-refractivity contribution in [2.75, 3.05) is 65.6 Å². The predicted octanol–water partition coefficient (Wildman–Crippen LogP) is 1.92. The van der Waals surface area contributed by atoms with E-state index in [9.17, 15) is 4.79 Å². The van der Waals surface area contributed by atoms with Crippen molar-refractivity contribution in [3.63, 3.8) is 0 Å². The van der Waals surface area contributed by atoms with Gasteiger partial charge in [0.15, 0.2) is 5.96 Å². The summed E-state index contributed by atoms with van der Waals surface area (Å²) < 4.78 is 5.67. The number of hydrogen-bond acceptors (Lipinski definition) is 4. The van der Waals surface area contributed by atoms with Crippen LogP contribution in [-0.4, -0.2) is 87.2 Å². The summed E-state index contributed by atoms with van der Waals surface area (Å²) in [7, 11) is 0. The van der Waals surface area contributed by atoms with Crippen LogP contribution in [0, 0.1) is 11.8 Å². The Bertz CT molecular complexity index is 503. The van der Waals surface area contributed by atoms with Crippen LogP contribution in [0.5, 0.6) is 0 Å². The Hall–Kier alpha value is -0.610. The molecular formula is C21H40IN5O2. The van der Waals surface area contributed by atoms with Gasteiger partial charge in [-0.05, 0) is 44.9 Å². The minimum Gasteiger partial charge on any atom is -0.381 e. The summed E-state index contributed by atoms with van der Waals surface area (Å²) in [4.78, 5) is 21.5. The van der Waals surface area contributed by atoms with Crippen molar-refractivity contribution < 1.29 is 9.53 Å². The SMILES string of the molecule is CCNC(=NCCCOCC1CC1)NCCN1CCN(C(=O)C2CCC2)CC1.I. The Morgan fingerprint density at radius 2 is 1.86 bits per heavy atom. The number of rotatable bonds is 11. The molecule has 0 bridgehead atoms. The van der Waals surface area contributed by atoms with E-state index in [1.165, 1.54) is 19.3 Å². The average Bonchev–Trinajstić information content (AvgIpc) is 3.48. The lowest BCUT2D eigenvalue weighted by Crippen LogP contribution is -2.52. The number of guanidine groups is 1. The first kappa shape index (κ1) is 24.7. The van der Waals surface area contributed by atoms with Gasteiger partial charge in [-0.3, -0.25) is 14.7 Å². The number of hydrogen-bond donors (Lipinski definition) is 2. The third-order valence-corrected chi connectivity index (χ3v) is 5.97. The molecule has 3 rings (SSSR count). The minimum atomic E-state index is 0. The molecule has 1 amide bonds. The van der Waals surface area contributed by atoms with Gasteiger partial charge in [0.2, 0.25) is 5.91 Å². The van der Waals surface area contributed by atoms with Gasteiger partial charge in [0.05, 0.1) is 0 Å². The number of carbonyl (C=O) groups is 1. The maximum atomic E-state index is 12.3. The number of carbonyl (C=O) groups excluding carboxylic acids is 1. The Morgan fingerprint density at radius 3 is 2.48 bits per heavy atom. The van der Waals surface area contributed by atoms with Crippen molar-refractivity contribution in [3.8, 4) is 0 Å². The van der Waals surface area contributed by atoms with E-state index in [0.29, 0.717) is 11.8 Å². The number of aliphatic imine (C=N–C) groups is 1. The second kappa shape index (κ2) is 13.6. The minimum absolute atomic E-state index is 0. The molecule has 1 saturated heterocycles. The first-order valence-corrected chi connectivity index (χ1v) is 11.4. The van der Waals surface area contributed by atoms with E-state index in [-0.39, 0.29) is 24.0 Å². The standard InChI is InChI=1S/C21H39N5O2.HI/c1-2-22-21(23-9-4-16-28-17-18-7-8-18)24-10-11-25-12-14-26(15-13-25)20(27)19-5-3-6-19;/h18-19H,2-17H2,1H3,(H2,22,23,24);1H. The number of halogens is 1. The highest BCUT2D eigenvalue weighted by Gasteiger charge is 2.31. The van der Waals surface area contributed by atoms with Gasteiger partial charge >= 0.3 is 0 Å². The molecule has 1 aliphatic heterocycles. The van der Waals surface area contributed by atoms with Crippen LogP contribution in [0.1, 0.15) is 45.4 Å². The number of amides is 1. The van der Waals surface area contributed by atoms with Crippen LogP contribution in [0.15, 0.2) is 4.99 Å². The highest BCUT2D eigenvalue weighted by atomic mass is 127. The van der Waals surface area contributed by atoms with Gasteiger partial charge in [-0.2, -0.15) is 0 Å². The highest BCUT2D eigenvalue weighted by Crippen LogP contribution is 2.29. The van der Waals surface area contributed by atoms with Crippen LogP contribution in [0.2, 0.25) is 0 Å². The van der Waals surface area contributed by atoms with Crippen LogP contribution >= 0.6 is 24.0 Å². The molecule has 1 heterocycles. The molecule has 3 aliphatic rings. The molecule has 0 radical (unpaired) electrons. The molecule has 2 saturated carbocycles. The van der Waals surface area contributed by atoms with Gasteiger partial charge in [0.1, 0.15) is 0 Å². The van der Waals surface area contributed by atoms with E-state index < -0.39 is 0 Å². The molecule has 0 unspecified atom stereocenters. The highest BCUT2D eigenvalue weighted by molar-refractivity contribution is 14.0. The summed E-state index contributed by atoms with van der Waals surface area (Å²) in [5, 5.41) is 6.75. The molecule has 7 nitrogen and oxygen atoms in total. The maximum Gasteiger partial charge on any atom is 0.225 e. The summed E-state index contributed by atoms with van der Waals surface area (Å²) in [6.07, 6.45) is 7.09. The number of nitrogens with zero attached hydrogens (tertiary/aromatic N) is 3. The average molecular weight is 521 g/mol. The molecule has 168 valence electrons. The summed E-state index contributed by atoms with van der Waals surface area (Å²) >= 11 is 0. The van der Waals surface area contributed by atoms with Crippen molar-refractivity contribution in [3.05, 3.63) is 0 Å². The number of nitrogens with one attached hydrogen (secondary N) is 2. The van der Waals surface area contributed by atoms with Gasteiger partial charge in [-0.25, -0.2) is 0 Å². The quantitative estimate of drug-likeness (QED) is 0.188. The third kappa shape index (κ3) is 8.96. The predicted molar refractivity (Wildman–Crippen MR) is 128 cm³/mol. The van der Waals surface area contributed by atoms with E-state index in [0.717, 1.165) is 96.7 Å². The fourth-order valence-corrected chi connectivity index (χ4v) is 3.67. The molecule has 0 aromatic rings. The lowest BCUT2D eigenvalue weighted by Gasteiger charge is -2.38. The largest absolute Gasteiger partial charge is 0.381 e. The summed E-state index contributed by atoms with van der Waals surface area (Å²) in [6, 6.07) is 0. The molecular weight excluding hydrogens is 481 g/mol. The maximum absolute atomic E-state index is 12.3. The zero-order valence-electron chi connectivity index (χ0n) is 18.0. The first-order valence-electron chi connectivity index (χ1n) is 11.4. The van der Waals surface area contributed by atoms with Crippen molar-refractivity contribution in [2.24, 2.45) is 16.8 Å². The molecule has 0 atom stereocenters. The van der Waals surface area contributed by atoms with Crippen LogP contribution in [-0.2, 0) is 9.53 Å².